The van der Waals surface area contributed by atoms with Crippen molar-refractivity contribution in [1.82, 2.24) is 9.71 Å². The molecule has 0 amide bonds. The number of benzene rings is 2. The Morgan fingerprint density at radius 1 is 1.12 bits per heavy atom. The third-order valence-corrected chi connectivity index (χ3v) is 5.75. The molecule has 0 aliphatic carbocycles. The molecule has 0 unspecified atom stereocenters. The summed E-state index contributed by atoms with van der Waals surface area (Å²) in [6.45, 7) is 4.37. The summed E-state index contributed by atoms with van der Waals surface area (Å²) in [5, 5.41) is 0.778. The lowest BCUT2D eigenvalue weighted by atomic mass is 10.0. The first-order chi connectivity index (χ1) is 11.9. The van der Waals surface area contributed by atoms with Crippen molar-refractivity contribution < 1.29 is 12.8 Å². The minimum absolute atomic E-state index is 0.248. The van der Waals surface area contributed by atoms with Gasteiger partial charge in [0.15, 0.2) is 0 Å². The van der Waals surface area contributed by atoms with Crippen LogP contribution in [0.5, 0.6) is 0 Å². The lowest BCUT2D eigenvalue weighted by Gasteiger charge is -2.09. The molecule has 1 heterocycles. The number of hydrogen-bond donors (Lipinski definition) is 2. The van der Waals surface area contributed by atoms with Crippen LogP contribution in [0.1, 0.15) is 30.9 Å². The van der Waals surface area contributed by atoms with E-state index in [1.54, 1.807) is 24.4 Å². The quantitative estimate of drug-likeness (QED) is 0.699. The van der Waals surface area contributed by atoms with Crippen LogP contribution in [-0.4, -0.2) is 19.9 Å². The van der Waals surface area contributed by atoms with Gasteiger partial charge in [-0.25, -0.2) is 17.5 Å². The number of aromatic amines is 1. The summed E-state index contributed by atoms with van der Waals surface area (Å²) in [5.41, 5.74) is 2.82. The van der Waals surface area contributed by atoms with Crippen LogP contribution in [0.15, 0.2) is 53.6 Å². The molecule has 1 aromatic heterocycles. The SMILES string of the molecule is CC(C)c1ccc(S(=O)(=O)NCCc2c[nH]c3ccc(F)cc23)cc1. The summed E-state index contributed by atoms with van der Waals surface area (Å²) in [4.78, 5) is 3.32. The van der Waals surface area contributed by atoms with E-state index in [9.17, 15) is 12.8 Å². The summed E-state index contributed by atoms with van der Waals surface area (Å²) in [6.07, 6.45) is 2.27. The molecular formula is C19H21FN2O2S. The molecule has 2 aromatic carbocycles. The summed E-state index contributed by atoms with van der Waals surface area (Å²) >= 11 is 0. The minimum atomic E-state index is -3.55. The van der Waals surface area contributed by atoms with Crippen molar-refractivity contribution in [1.29, 1.82) is 0 Å². The lowest BCUT2D eigenvalue weighted by molar-refractivity contribution is 0.581. The predicted octanol–water partition coefficient (Wildman–Crippen LogP) is 3.95. The van der Waals surface area contributed by atoms with E-state index in [4.69, 9.17) is 0 Å². The molecule has 132 valence electrons. The fourth-order valence-electron chi connectivity index (χ4n) is 2.79. The van der Waals surface area contributed by atoms with Gasteiger partial charge in [0.25, 0.3) is 0 Å². The first-order valence-electron chi connectivity index (χ1n) is 8.22. The second-order valence-corrected chi connectivity index (χ2v) is 8.14. The molecule has 6 heteroatoms. The van der Waals surface area contributed by atoms with Gasteiger partial charge in [-0.3, -0.25) is 0 Å². The second kappa shape index (κ2) is 6.98. The highest BCUT2D eigenvalue weighted by Gasteiger charge is 2.14. The molecular weight excluding hydrogens is 339 g/mol. The van der Waals surface area contributed by atoms with Crippen LogP contribution in [0.3, 0.4) is 0 Å². The molecule has 0 bridgehead atoms. The van der Waals surface area contributed by atoms with Crippen molar-refractivity contribution in [2.24, 2.45) is 0 Å². The number of fused-ring (bicyclic) bond motifs is 1. The van der Waals surface area contributed by atoms with Gasteiger partial charge in [-0.2, -0.15) is 0 Å². The number of nitrogens with one attached hydrogen (secondary N) is 2. The van der Waals surface area contributed by atoms with Crippen molar-refractivity contribution >= 4 is 20.9 Å². The van der Waals surface area contributed by atoms with Crippen LogP contribution in [0.25, 0.3) is 10.9 Å². The smallest absolute Gasteiger partial charge is 0.240 e. The fourth-order valence-corrected chi connectivity index (χ4v) is 3.82. The normalized spacial score (nSPS) is 12.2. The predicted molar refractivity (Wildman–Crippen MR) is 97.7 cm³/mol. The summed E-state index contributed by atoms with van der Waals surface area (Å²) in [5.74, 6) is 0.0474. The molecule has 0 aliphatic rings. The Bertz CT molecular complexity index is 976. The molecule has 0 fully saturated rings. The summed E-state index contributed by atoms with van der Waals surface area (Å²) in [7, 11) is -3.55. The zero-order valence-corrected chi connectivity index (χ0v) is 15.0. The largest absolute Gasteiger partial charge is 0.361 e. The first kappa shape index (κ1) is 17.6. The van der Waals surface area contributed by atoms with Gasteiger partial charge in [0.2, 0.25) is 10.0 Å². The third kappa shape index (κ3) is 3.91. The summed E-state index contributed by atoms with van der Waals surface area (Å²) < 4.78 is 40.8. The van der Waals surface area contributed by atoms with Crippen LogP contribution >= 0.6 is 0 Å². The summed E-state index contributed by atoms with van der Waals surface area (Å²) in [6, 6.07) is 11.4. The van der Waals surface area contributed by atoms with E-state index in [2.05, 4.69) is 23.6 Å². The molecule has 3 aromatic rings. The molecule has 25 heavy (non-hydrogen) atoms. The van der Waals surface area contributed by atoms with Gasteiger partial charge in [-0.1, -0.05) is 26.0 Å². The van der Waals surface area contributed by atoms with Gasteiger partial charge in [0.05, 0.1) is 4.90 Å². The highest BCUT2D eigenvalue weighted by Crippen LogP contribution is 2.20. The average molecular weight is 360 g/mol. The van der Waals surface area contributed by atoms with Crippen molar-refractivity contribution in [2.45, 2.75) is 31.1 Å². The molecule has 0 atom stereocenters. The van der Waals surface area contributed by atoms with Gasteiger partial charge in [-0.15, -0.1) is 0 Å². The van der Waals surface area contributed by atoms with E-state index in [1.165, 1.54) is 12.1 Å². The maximum Gasteiger partial charge on any atom is 0.240 e. The third-order valence-electron chi connectivity index (χ3n) is 4.27. The number of sulfonamides is 1. The van der Waals surface area contributed by atoms with E-state index in [1.807, 2.05) is 12.1 Å². The maximum atomic E-state index is 13.4. The van der Waals surface area contributed by atoms with E-state index in [0.717, 1.165) is 22.0 Å². The van der Waals surface area contributed by atoms with E-state index in [0.29, 0.717) is 12.3 Å². The Morgan fingerprint density at radius 3 is 2.52 bits per heavy atom. The van der Waals surface area contributed by atoms with Crippen molar-refractivity contribution in [2.75, 3.05) is 6.54 Å². The van der Waals surface area contributed by atoms with Gasteiger partial charge in [0, 0.05) is 23.6 Å². The molecule has 0 spiro atoms. The Morgan fingerprint density at radius 2 is 1.84 bits per heavy atom. The molecule has 3 rings (SSSR count). The highest BCUT2D eigenvalue weighted by molar-refractivity contribution is 7.89. The molecule has 2 N–H and O–H groups in total. The Balaban J connectivity index is 1.68. The standard InChI is InChI=1S/C19H21FN2O2S/c1-13(2)14-3-6-17(7-4-14)25(23,24)22-10-9-15-12-21-19-8-5-16(20)11-18(15)19/h3-8,11-13,21-22H,9-10H2,1-2H3. The molecule has 4 nitrogen and oxygen atoms in total. The Labute approximate surface area is 147 Å². The van der Waals surface area contributed by atoms with Crippen LogP contribution in [-0.2, 0) is 16.4 Å². The number of H-pyrrole nitrogens is 1. The number of halogens is 1. The molecule has 0 saturated carbocycles. The van der Waals surface area contributed by atoms with Crippen LogP contribution in [0.2, 0.25) is 0 Å². The van der Waals surface area contributed by atoms with E-state index >= 15 is 0 Å². The monoisotopic (exact) mass is 360 g/mol. The maximum absolute atomic E-state index is 13.4. The van der Waals surface area contributed by atoms with Crippen molar-refractivity contribution in [3.63, 3.8) is 0 Å². The Hall–Kier alpha value is -2.18. The molecule has 0 radical (unpaired) electrons. The van der Waals surface area contributed by atoms with Crippen LogP contribution in [0.4, 0.5) is 4.39 Å². The van der Waals surface area contributed by atoms with E-state index in [-0.39, 0.29) is 17.3 Å². The van der Waals surface area contributed by atoms with E-state index < -0.39 is 10.0 Å². The fraction of sp³-hybridized carbons (Fsp3) is 0.263. The average Bonchev–Trinajstić information content (AvgIpc) is 2.97. The van der Waals surface area contributed by atoms with Gasteiger partial charge in [-0.05, 0) is 53.8 Å². The number of aromatic nitrogens is 1. The minimum Gasteiger partial charge on any atom is -0.361 e. The second-order valence-electron chi connectivity index (χ2n) is 6.38. The van der Waals surface area contributed by atoms with Gasteiger partial charge in [0.1, 0.15) is 5.82 Å². The lowest BCUT2D eigenvalue weighted by Crippen LogP contribution is -2.26. The number of hydrogen-bond acceptors (Lipinski definition) is 2. The molecule has 0 saturated heterocycles. The Kier molecular flexibility index (Phi) is 4.92. The topological polar surface area (TPSA) is 62.0 Å². The van der Waals surface area contributed by atoms with Crippen molar-refractivity contribution in [3.05, 3.63) is 65.6 Å². The van der Waals surface area contributed by atoms with Crippen LogP contribution in [0, 0.1) is 5.82 Å². The zero-order chi connectivity index (χ0) is 18.0. The number of rotatable bonds is 6. The van der Waals surface area contributed by atoms with Crippen molar-refractivity contribution in [3.8, 4) is 0 Å². The zero-order valence-electron chi connectivity index (χ0n) is 14.2. The van der Waals surface area contributed by atoms with Crippen LogP contribution < -0.4 is 4.72 Å². The first-order valence-corrected chi connectivity index (χ1v) is 9.70. The van der Waals surface area contributed by atoms with Gasteiger partial charge < -0.3 is 4.98 Å². The van der Waals surface area contributed by atoms with Gasteiger partial charge >= 0.3 is 0 Å². The molecule has 0 aliphatic heterocycles. The highest BCUT2D eigenvalue weighted by atomic mass is 32.2.